The third kappa shape index (κ3) is 4.63. The molecule has 2 saturated heterocycles. The van der Waals surface area contributed by atoms with E-state index >= 15 is 0 Å². The van der Waals surface area contributed by atoms with E-state index in [0.29, 0.717) is 24.8 Å². The van der Waals surface area contributed by atoms with E-state index in [1.807, 2.05) is 11.8 Å². The molecule has 0 aromatic heterocycles. The highest BCUT2D eigenvalue weighted by Gasteiger charge is 2.32. The van der Waals surface area contributed by atoms with Crippen molar-refractivity contribution < 1.29 is 9.59 Å². The zero-order valence-electron chi connectivity index (χ0n) is 12.2. The van der Waals surface area contributed by atoms with Gasteiger partial charge >= 0.3 is 0 Å². The Morgan fingerprint density at radius 1 is 1.35 bits per heavy atom. The molecule has 1 unspecified atom stereocenters. The summed E-state index contributed by atoms with van der Waals surface area (Å²) in [7, 11) is 0. The standard InChI is InChI=1S/C14H25N3O2.ClH/c1-2-4-13(18)16-7-11-5-3-6-17(10-11)14(19)12-8-15-9-12;/h11-12,15H,2-10H2,1H3,(H,16,18);1H. The Bertz CT molecular complexity index is 334. The predicted octanol–water partition coefficient (Wildman–Crippen LogP) is 0.782. The number of carbonyl (C=O) groups excluding carboxylic acids is 2. The molecule has 0 bridgehead atoms. The van der Waals surface area contributed by atoms with Crippen LogP contribution in [0.1, 0.15) is 32.6 Å². The van der Waals surface area contributed by atoms with E-state index in [1.54, 1.807) is 0 Å². The van der Waals surface area contributed by atoms with Crippen LogP contribution in [-0.4, -0.2) is 49.4 Å². The summed E-state index contributed by atoms with van der Waals surface area (Å²) in [4.78, 5) is 25.6. The molecule has 2 aliphatic heterocycles. The predicted molar refractivity (Wildman–Crippen MR) is 80.8 cm³/mol. The van der Waals surface area contributed by atoms with Gasteiger partial charge < -0.3 is 15.5 Å². The molecule has 2 heterocycles. The highest BCUT2D eigenvalue weighted by atomic mass is 35.5. The van der Waals surface area contributed by atoms with Gasteiger partial charge in [0.1, 0.15) is 0 Å². The number of nitrogens with zero attached hydrogens (tertiary/aromatic N) is 1. The van der Waals surface area contributed by atoms with Crippen molar-refractivity contribution in [1.82, 2.24) is 15.5 Å². The molecular weight excluding hydrogens is 278 g/mol. The van der Waals surface area contributed by atoms with Crippen LogP contribution in [-0.2, 0) is 9.59 Å². The van der Waals surface area contributed by atoms with Crippen LogP contribution < -0.4 is 10.6 Å². The third-order valence-corrected chi connectivity index (χ3v) is 4.03. The number of amides is 2. The van der Waals surface area contributed by atoms with E-state index in [2.05, 4.69) is 10.6 Å². The monoisotopic (exact) mass is 303 g/mol. The van der Waals surface area contributed by atoms with Crippen LogP contribution in [0.5, 0.6) is 0 Å². The summed E-state index contributed by atoms with van der Waals surface area (Å²) >= 11 is 0. The quantitative estimate of drug-likeness (QED) is 0.789. The number of hydrogen-bond donors (Lipinski definition) is 2. The SMILES string of the molecule is CCCC(=O)NCC1CCCN(C(=O)C2CNC2)C1.Cl. The number of likely N-dealkylation sites (tertiary alicyclic amines) is 1. The first-order valence-corrected chi connectivity index (χ1v) is 7.47. The molecular formula is C14H26ClN3O2. The average Bonchev–Trinajstić information content (AvgIpc) is 2.35. The van der Waals surface area contributed by atoms with E-state index in [4.69, 9.17) is 0 Å². The fourth-order valence-electron chi connectivity index (χ4n) is 2.73. The van der Waals surface area contributed by atoms with Gasteiger partial charge in [-0.05, 0) is 25.2 Å². The molecule has 1 atom stereocenters. The van der Waals surface area contributed by atoms with E-state index in [9.17, 15) is 9.59 Å². The zero-order valence-corrected chi connectivity index (χ0v) is 13.0. The smallest absolute Gasteiger partial charge is 0.228 e. The van der Waals surface area contributed by atoms with Crippen LogP contribution >= 0.6 is 12.4 Å². The molecule has 2 aliphatic rings. The molecule has 2 rings (SSSR count). The molecule has 0 aromatic rings. The van der Waals surface area contributed by atoms with Gasteiger partial charge in [0.25, 0.3) is 0 Å². The van der Waals surface area contributed by atoms with E-state index in [1.165, 1.54) is 0 Å². The Kier molecular flexibility index (Phi) is 7.30. The van der Waals surface area contributed by atoms with Crippen LogP contribution in [0.4, 0.5) is 0 Å². The van der Waals surface area contributed by atoms with Crippen molar-refractivity contribution in [3.63, 3.8) is 0 Å². The van der Waals surface area contributed by atoms with Crippen LogP contribution in [0.3, 0.4) is 0 Å². The lowest BCUT2D eigenvalue weighted by molar-refractivity contribution is -0.138. The van der Waals surface area contributed by atoms with Gasteiger partial charge in [0.2, 0.25) is 11.8 Å². The molecule has 6 heteroatoms. The average molecular weight is 304 g/mol. The Balaban J connectivity index is 0.00000200. The van der Waals surface area contributed by atoms with Crippen LogP contribution in [0.15, 0.2) is 0 Å². The Hall–Kier alpha value is -0.810. The fourth-order valence-corrected chi connectivity index (χ4v) is 2.73. The minimum absolute atomic E-state index is 0. The minimum atomic E-state index is 0. The summed E-state index contributed by atoms with van der Waals surface area (Å²) < 4.78 is 0. The molecule has 0 aliphatic carbocycles. The fraction of sp³-hybridized carbons (Fsp3) is 0.857. The molecule has 20 heavy (non-hydrogen) atoms. The van der Waals surface area contributed by atoms with Gasteiger partial charge in [0.05, 0.1) is 5.92 Å². The molecule has 2 amide bonds. The number of nitrogens with one attached hydrogen (secondary N) is 2. The van der Waals surface area contributed by atoms with Gasteiger partial charge in [-0.1, -0.05) is 6.92 Å². The summed E-state index contributed by atoms with van der Waals surface area (Å²) in [6.45, 7) is 6.07. The maximum absolute atomic E-state index is 12.2. The number of halogens is 1. The lowest BCUT2D eigenvalue weighted by atomic mass is 9.95. The normalized spacial score (nSPS) is 22.6. The Morgan fingerprint density at radius 2 is 2.10 bits per heavy atom. The minimum Gasteiger partial charge on any atom is -0.356 e. The molecule has 0 radical (unpaired) electrons. The first kappa shape index (κ1) is 17.2. The Labute approximate surface area is 127 Å². The van der Waals surface area contributed by atoms with E-state index < -0.39 is 0 Å². The van der Waals surface area contributed by atoms with Gasteiger partial charge in [0, 0.05) is 39.1 Å². The van der Waals surface area contributed by atoms with Gasteiger partial charge in [-0.2, -0.15) is 0 Å². The van der Waals surface area contributed by atoms with Gasteiger partial charge in [0.15, 0.2) is 0 Å². The maximum atomic E-state index is 12.2. The highest BCUT2D eigenvalue weighted by molar-refractivity contribution is 5.85. The summed E-state index contributed by atoms with van der Waals surface area (Å²) in [5, 5.41) is 6.12. The van der Waals surface area contributed by atoms with Crippen LogP contribution in [0, 0.1) is 11.8 Å². The van der Waals surface area contributed by atoms with Crippen LogP contribution in [0.25, 0.3) is 0 Å². The topological polar surface area (TPSA) is 61.4 Å². The summed E-state index contributed by atoms with van der Waals surface area (Å²) in [6, 6.07) is 0. The molecule has 5 nitrogen and oxygen atoms in total. The first-order valence-electron chi connectivity index (χ1n) is 7.47. The second kappa shape index (κ2) is 8.47. The number of piperidine rings is 1. The molecule has 0 spiro atoms. The van der Waals surface area contributed by atoms with Crippen LogP contribution in [0.2, 0.25) is 0 Å². The lowest BCUT2D eigenvalue weighted by Crippen LogP contribution is -2.54. The van der Waals surface area contributed by atoms with Crippen molar-refractivity contribution in [3.05, 3.63) is 0 Å². The van der Waals surface area contributed by atoms with E-state index in [-0.39, 0.29) is 24.2 Å². The number of rotatable bonds is 5. The van der Waals surface area contributed by atoms with Gasteiger partial charge in [-0.3, -0.25) is 9.59 Å². The second-order valence-electron chi connectivity index (χ2n) is 5.70. The summed E-state index contributed by atoms with van der Waals surface area (Å²) in [5.74, 6) is 1.04. The summed E-state index contributed by atoms with van der Waals surface area (Å²) in [6.07, 6.45) is 3.65. The van der Waals surface area contributed by atoms with Crippen molar-refractivity contribution in [2.24, 2.45) is 11.8 Å². The summed E-state index contributed by atoms with van der Waals surface area (Å²) in [5.41, 5.74) is 0. The first-order chi connectivity index (χ1) is 9.20. The number of carbonyl (C=O) groups is 2. The highest BCUT2D eigenvalue weighted by Crippen LogP contribution is 2.19. The second-order valence-corrected chi connectivity index (χ2v) is 5.70. The Morgan fingerprint density at radius 3 is 2.70 bits per heavy atom. The zero-order chi connectivity index (χ0) is 13.7. The van der Waals surface area contributed by atoms with Gasteiger partial charge in [-0.25, -0.2) is 0 Å². The largest absolute Gasteiger partial charge is 0.356 e. The van der Waals surface area contributed by atoms with Crippen molar-refractivity contribution in [3.8, 4) is 0 Å². The number of hydrogen-bond acceptors (Lipinski definition) is 3. The molecule has 116 valence electrons. The maximum Gasteiger partial charge on any atom is 0.228 e. The van der Waals surface area contributed by atoms with Crippen molar-refractivity contribution >= 4 is 24.2 Å². The van der Waals surface area contributed by atoms with Crippen molar-refractivity contribution in [2.45, 2.75) is 32.6 Å². The van der Waals surface area contributed by atoms with E-state index in [0.717, 1.165) is 45.4 Å². The molecule has 2 N–H and O–H groups in total. The third-order valence-electron chi connectivity index (χ3n) is 4.03. The molecule has 0 aromatic carbocycles. The van der Waals surface area contributed by atoms with Gasteiger partial charge in [-0.15, -0.1) is 12.4 Å². The lowest BCUT2D eigenvalue weighted by Gasteiger charge is -2.37. The van der Waals surface area contributed by atoms with Crippen molar-refractivity contribution in [1.29, 1.82) is 0 Å². The molecule has 2 fully saturated rings. The van der Waals surface area contributed by atoms with Crippen molar-refractivity contribution in [2.75, 3.05) is 32.7 Å². The molecule has 0 saturated carbocycles.